The van der Waals surface area contributed by atoms with Crippen LogP contribution < -0.4 is 20.5 Å². The third kappa shape index (κ3) is 5.58. The zero-order valence-electron chi connectivity index (χ0n) is 20.0. The fourth-order valence-electron chi connectivity index (χ4n) is 5.15. The molecule has 2 atom stereocenters. The summed E-state index contributed by atoms with van der Waals surface area (Å²) in [7, 11) is 3.39. The number of fused-ring (bicyclic) bond motifs is 1. The standard InChI is InChI=1S/C29H36N2O2/c1-29(17-16-21-6-4-5-7-24(21)18-29)19-25(20-30)31-28(22-8-12-26(32-2)13-9-22)23-10-14-27(33-3)15-11-23/h4-15,25,28,31H,16-20,30H2,1-3H3/t25-,29+/m0/s1. The Morgan fingerprint density at radius 3 is 1.91 bits per heavy atom. The van der Waals surface area contributed by atoms with E-state index in [2.05, 4.69) is 60.8 Å². The first-order valence-corrected chi connectivity index (χ1v) is 11.8. The SMILES string of the molecule is COc1ccc(C(N[C@H](CN)C[C@]2(C)CCc3ccccc3C2)c2ccc(OC)cc2)cc1. The third-order valence-corrected chi connectivity index (χ3v) is 7.06. The number of nitrogens with two attached hydrogens (primary N) is 1. The second kappa shape index (κ2) is 10.4. The average Bonchev–Trinajstić information content (AvgIpc) is 2.86. The van der Waals surface area contributed by atoms with E-state index in [0.717, 1.165) is 30.8 Å². The van der Waals surface area contributed by atoms with Crippen molar-refractivity contribution >= 4 is 0 Å². The van der Waals surface area contributed by atoms with Crippen LogP contribution in [0.4, 0.5) is 0 Å². The van der Waals surface area contributed by atoms with Crippen LogP contribution in [-0.4, -0.2) is 26.8 Å². The van der Waals surface area contributed by atoms with Crippen molar-refractivity contribution in [2.45, 2.75) is 44.7 Å². The van der Waals surface area contributed by atoms with Crippen LogP contribution in [0.3, 0.4) is 0 Å². The smallest absolute Gasteiger partial charge is 0.118 e. The number of hydrogen-bond donors (Lipinski definition) is 2. The van der Waals surface area contributed by atoms with Crippen molar-refractivity contribution in [3.63, 3.8) is 0 Å². The molecule has 0 fully saturated rings. The lowest BCUT2D eigenvalue weighted by atomic mass is 9.69. The van der Waals surface area contributed by atoms with Gasteiger partial charge in [0.1, 0.15) is 11.5 Å². The van der Waals surface area contributed by atoms with Crippen LogP contribution in [0, 0.1) is 5.41 Å². The highest BCUT2D eigenvalue weighted by molar-refractivity contribution is 5.38. The maximum absolute atomic E-state index is 6.34. The van der Waals surface area contributed by atoms with Crippen LogP contribution >= 0.6 is 0 Å². The van der Waals surface area contributed by atoms with E-state index >= 15 is 0 Å². The largest absolute Gasteiger partial charge is 0.497 e. The molecule has 4 rings (SSSR count). The molecule has 4 nitrogen and oxygen atoms in total. The topological polar surface area (TPSA) is 56.5 Å². The van der Waals surface area contributed by atoms with E-state index in [1.165, 1.54) is 28.7 Å². The van der Waals surface area contributed by atoms with E-state index in [9.17, 15) is 0 Å². The van der Waals surface area contributed by atoms with Gasteiger partial charge in [0, 0.05) is 12.6 Å². The first-order chi connectivity index (χ1) is 16.0. The fraction of sp³-hybridized carbons (Fsp3) is 0.379. The number of aryl methyl sites for hydroxylation is 1. The normalized spacial score (nSPS) is 18.6. The van der Waals surface area contributed by atoms with Crippen LogP contribution in [0.5, 0.6) is 11.5 Å². The molecule has 174 valence electrons. The zero-order chi connectivity index (χ0) is 23.3. The maximum atomic E-state index is 6.34. The summed E-state index contributed by atoms with van der Waals surface area (Å²) in [6, 6.07) is 25.7. The first kappa shape index (κ1) is 23.3. The second-order valence-corrected chi connectivity index (χ2v) is 9.54. The van der Waals surface area contributed by atoms with Crippen molar-refractivity contribution in [3.05, 3.63) is 95.1 Å². The lowest BCUT2D eigenvalue weighted by Crippen LogP contribution is -2.43. The number of methoxy groups -OCH3 is 2. The van der Waals surface area contributed by atoms with Gasteiger partial charge in [0.25, 0.3) is 0 Å². The minimum atomic E-state index is 0.0369. The predicted molar refractivity (Wildman–Crippen MR) is 135 cm³/mol. The summed E-state index contributed by atoms with van der Waals surface area (Å²) in [4.78, 5) is 0. The Hall–Kier alpha value is -2.82. The van der Waals surface area contributed by atoms with Crippen molar-refractivity contribution in [3.8, 4) is 11.5 Å². The summed E-state index contributed by atoms with van der Waals surface area (Å²) in [6.45, 7) is 3.02. The molecule has 0 saturated carbocycles. The molecule has 0 bridgehead atoms. The molecule has 0 radical (unpaired) electrons. The van der Waals surface area contributed by atoms with Crippen molar-refractivity contribution < 1.29 is 9.47 Å². The van der Waals surface area contributed by atoms with E-state index in [1.807, 2.05) is 24.3 Å². The van der Waals surface area contributed by atoms with Gasteiger partial charge in [0.05, 0.1) is 20.3 Å². The van der Waals surface area contributed by atoms with Gasteiger partial charge in [0.2, 0.25) is 0 Å². The minimum Gasteiger partial charge on any atom is -0.497 e. The quantitative estimate of drug-likeness (QED) is 0.470. The summed E-state index contributed by atoms with van der Waals surface area (Å²) in [5.41, 5.74) is 11.9. The number of ether oxygens (including phenoxy) is 2. The van der Waals surface area contributed by atoms with Gasteiger partial charge in [-0.05, 0) is 77.6 Å². The molecule has 4 heteroatoms. The molecule has 0 spiro atoms. The molecule has 3 aromatic rings. The van der Waals surface area contributed by atoms with Crippen molar-refractivity contribution in [2.24, 2.45) is 11.1 Å². The van der Waals surface area contributed by atoms with Crippen LogP contribution in [0.2, 0.25) is 0 Å². The summed E-state index contributed by atoms with van der Waals surface area (Å²) >= 11 is 0. The minimum absolute atomic E-state index is 0.0369. The number of nitrogens with one attached hydrogen (secondary N) is 1. The molecule has 0 aliphatic heterocycles. The van der Waals surface area contributed by atoms with E-state index in [4.69, 9.17) is 15.2 Å². The van der Waals surface area contributed by atoms with Crippen LogP contribution in [0.1, 0.15) is 48.1 Å². The third-order valence-electron chi connectivity index (χ3n) is 7.06. The highest BCUT2D eigenvalue weighted by Gasteiger charge is 2.33. The van der Waals surface area contributed by atoms with Gasteiger partial charge < -0.3 is 20.5 Å². The molecule has 0 aromatic heterocycles. The van der Waals surface area contributed by atoms with Crippen molar-refractivity contribution in [1.29, 1.82) is 0 Å². The van der Waals surface area contributed by atoms with Gasteiger partial charge in [-0.25, -0.2) is 0 Å². The van der Waals surface area contributed by atoms with Crippen molar-refractivity contribution in [2.75, 3.05) is 20.8 Å². The van der Waals surface area contributed by atoms with Gasteiger partial charge in [-0.2, -0.15) is 0 Å². The van der Waals surface area contributed by atoms with E-state index in [0.29, 0.717) is 6.54 Å². The number of rotatable bonds is 9. The highest BCUT2D eigenvalue weighted by atomic mass is 16.5. The summed E-state index contributed by atoms with van der Waals surface area (Å²) in [6.07, 6.45) is 4.49. The van der Waals surface area contributed by atoms with Crippen LogP contribution in [-0.2, 0) is 12.8 Å². The molecule has 0 heterocycles. The Labute approximate surface area is 198 Å². The van der Waals surface area contributed by atoms with E-state index in [-0.39, 0.29) is 17.5 Å². The summed E-state index contributed by atoms with van der Waals surface area (Å²) < 4.78 is 10.7. The second-order valence-electron chi connectivity index (χ2n) is 9.54. The molecule has 3 N–H and O–H groups in total. The Bertz CT molecular complexity index is 985. The summed E-state index contributed by atoms with van der Waals surface area (Å²) in [5, 5.41) is 3.90. The first-order valence-electron chi connectivity index (χ1n) is 11.8. The highest BCUT2D eigenvalue weighted by Crippen LogP contribution is 2.39. The Morgan fingerprint density at radius 2 is 1.39 bits per heavy atom. The summed E-state index contributed by atoms with van der Waals surface area (Å²) in [5.74, 6) is 1.71. The molecule has 0 saturated heterocycles. The lowest BCUT2D eigenvalue weighted by Gasteiger charge is -2.39. The number of benzene rings is 3. The molecular weight excluding hydrogens is 408 g/mol. The molecular formula is C29H36N2O2. The van der Waals surface area contributed by atoms with Crippen molar-refractivity contribution in [1.82, 2.24) is 5.32 Å². The monoisotopic (exact) mass is 444 g/mol. The van der Waals surface area contributed by atoms with Gasteiger partial charge in [-0.15, -0.1) is 0 Å². The van der Waals surface area contributed by atoms with Gasteiger partial charge in [-0.3, -0.25) is 0 Å². The molecule has 33 heavy (non-hydrogen) atoms. The predicted octanol–water partition coefficient (Wildman–Crippen LogP) is 5.30. The maximum Gasteiger partial charge on any atom is 0.118 e. The van der Waals surface area contributed by atoms with E-state index in [1.54, 1.807) is 14.2 Å². The zero-order valence-corrected chi connectivity index (χ0v) is 20.0. The van der Waals surface area contributed by atoms with Crippen LogP contribution in [0.25, 0.3) is 0 Å². The van der Waals surface area contributed by atoms with Gasteiger partial charge >= 0.3 is 0 Å². The lowest BCUT2D eigenvalue weighted by molar-refractivity contribution is 0.217. The molecule has 1 aliphatic carbocycles. The van der Waals surface area contributed by atoms with Gasteiger partial charge in [0.15, 0.2) is 0 Å². The Morgan fingerprint density at radius 1 is 0.848 bits per heavy atom. The Balaban J connectivity index is 1.56. The van der Waals surface area contributed by atoms with Crippen LogP contribution in [0.15, 0.2) is 72.8 Å². The average molecular weight is 445 g/mol. The number of hydrogen-bond acceptors (Lipinski definition) is 4. The fourth-order valence-corrected chi connectivity index (χ4v) is 5.15. The molecule has 0 amide bonds. The molecule has 3 aromatic carbocycles. The molecule has 1 aliphatic rings. The van der Waals surface area contributed by atoms with Gasteiger partial charge in [-0.1, -0.05) is 55.5 Å². The van der Waals surface area contributed by atoms with E-state index < -0.39 is 0 Å². The Kier molecular flexibility index (Phi) is 7.36. The molecule has 0 unspecified atom stereocenters.